The minimum Gasteiger partial charge on any atom is -0.318 e. The highest BCUT2D eigenvalue weighted by Gasteiger charge is 2.04. The molecule has 3 nitrogen and oxygen atoms in total. The Bertz CT molecular complexity index is 769. The lowest BCUT2D eigenvalue weighted by atomic mass is 10.0. The summed E-state index contributed by atoms with van der Waals surface area (Å²) >= 11 is 0. The summed E-state index contributed by atoms with van der Waals surface area (Å²) < 4.78 is 1.58. The van der Waals surface area contributed by atoms with Crippen LogP contribution in [0.1, 0.15) is 0 Å². The van der Waals surface area contributed by atoms with Gasteiger partial charge in [-0.2, -0.15) is 0 Å². The van der Waals surface area contributed by atoms with E-state index < -0.39 is 0 Å². The molecular weight excluding hydrogens is 224 g/mol. The van der Waals surface area contributed by atoms with Gasteiger partial charge in [0.2, 0.25) is 5.56 Å². The average Bonchev–Trinajstić information content (AvgIpc) is 2.41. The van der Waals surface area contributed by atoms with Crippen LogP contribution in [0, 0.1) is 0 Å². The van der Waals surface area contributed by atoms with Crippen molar-refractivity contribution in [1.29, 1.82) is 0 Å². The third kappa shape index (κ3) is 1.70. The molecular formula is C15H12N2O. The molecule has 88 valence electrons. The summed E-state index contributed by atoms with van der Waals surface area (Å²) in [6.45, 7) is 0. The standard InChI is InChI=1S/C15H12N2O/c1-17-10-12(6-7-15(17)18)14-9-16-8-11-4-2-3-5-13(11)14/h2-10H,1H3. The second-order valence-electron chi connectivity index (χ2n) is 4.28. The smallest absolute Gasteiger partial charge is 0.250 e. The number of hydrogen-bond donors (Lipinski definition) is 0. The number of fused-ring (bicyclic) bond motifs is 1. The molecule has 2 heterocycles. The topological polar surface area (TPSA) is 34.9 Å². The molecule has 18 heavy (non-hydrogen) atoms. The number of pyridine rings is 2. The Morgan fingerprint density at radius 3 is 2.72 bits per heavy atom. The van der Waals surface area contributed by atoms with E-state index in [4.69, 9.17) is 0 Å². The first-order valence-electron chi connectivity index (χ1n) is 5.75. The second kappa shape index (κ2) is 4.11. The third-order valence-corrected chi connectivity index (χ3v) is 3.07. The molecule has 3 heteroatoms. The molecule has 0 amide bonds. The van der Waals surface area contributed by atoms with E-state index in [1.54, 1.807) is 17.7 Å². The lowest BCUT2D eigenvalue weighted by Crippen LogP contribution is -2.13. The molecule has 0 spiro atoms. The summed E-state index contributed by atoms with van der Waals surface area (Å²) in [6, 6.07) is 11.5. The molecule has 0 saturated heterocycles. The molecule has 1 aromatic carbocycles. The zero-order valence-electron chi connectivity index (χ0n) is 10.00. The van der Waals surface area contributed by atoms with Crippen molar-refractivity contribution in [2.45, 2.75) is 0 Å². The zero-order valence-corrected chi connectivity index (χ0v) is 10.00. The molecule has 0 bridgehead atoms. The van der Waals surface area contributed by atoms with E-state index in [2.05, 4.69) is 11.1 Å². The van der Waals surface area contributed by atoms with Gasteiger partial charge in [-0.3, -0.25) is 9.78 Å². The Kier molecular flexibility index (Phi) is 2.45. The number of aryl methyl sites for hydroxylation is 1. The van der Waals surface area contributed by atoms with Crippen LogP contribution in [0.3, 0.4) is 0 Å². The Morgan fingerprint density at radius 1 is 1.06 bits per heavy atom. The molecule has 3 aromatic rings. The summed E-state index contributed by atoms with van der Waals surface area (Å²) in [4.78, 5) is 15.7. The van der Waals surface area contributed by atoms with E-state index in [1.807, 2.05) is 42.9 Å². The number of rotatable bonds is 1. The molecule has 2 aromatic heterocycles. The van der Waals surface area contributed by atoms with Crippen molar-refractivity contribution in [3.8, 4) is 11.1 Å². The van der Waals surface area contributed by atoms with Crippen LogP contribution in [-0.4, -0.2) is 9.55 Å². The minimum absolute atomic E-state index is 0.00746. The van der Waals surface area contributed by atoms with Crippen LogP contribution in [0.2, 0.25) is 0 Å². The first-order valence-corrected chi connectivity index (χ1v) is 5.75. The summed E-state index contributed by atoms with van der Waals surface area (Å²) in [5.74, 6) is 0. The van der Waals surface area contributed by atoms with Gasteiger partial charge in [0.15, 0.2) is 0 Å². The maximum absolute atomic E-state index is 11.4. The van der Waals surface area contributed by atoms with Gasteiger partial charge in [-0.25, -0.2) is 0 Å². The zero-order chi connectivity index (χ0) is 12.5. The van der Waals surface area contributed by atoms with Gasteiger partial charge in [-0.1, -0.05) is 24.3 Å². The van der Waals surface area contributed by atoms with Gasteiger partial charge < -0.3 is 4.57 Å². The van der Waals surface area contributed by atoms with E-state index in [0.29, 0.717) is 0 Å². The van der Waals surface area contributed by atoms with Crippen molar-refractivity contribution < 1.29 is 0 Å². The molecule has 0 unspecified atom stereocenters. The Morgan fingerprint density at radius 2 is 1.89 bits per heavy atom. The van der Waals surface area contributed by atoms with Gasteiger partial charge in [0.05, 0.1) is 0 Å². The quantitative estimate of drug-likeness (QED) is 0.651. The maximum Gasteiger partial charge on any atom is 0.250 e. The molecule has 0 aliphatic heterocycles. The third-order valence-electron chi connectivity index (χ3n) is 3.07. The van der Waals surface area contributed by atoms with Crippen molar-refractivity contribution in [2.24, 2.45) is 7.05 Å². The largest absolute Gasteiger partial charge is 0.318 e. The lowest BCUT2D eigenvalue weighted by Gasteiger charge is -2.07. The van der Waals surface area contributed by atoms with Crippen LogP contribution in [0.5, 0.6) is 0 Å². The van der Waals surface area contributed by atoms with Crippen LogP contribution in [0.15, 0.2) is 59.8 Å². The van der Waals surface area contributed by atoms with Gasteiger partial charge in [0.1, 0.15) is 0 Å². The summed E-state index contributed by atoms with van der Waals surface area (Å²) in [7, 11) is 1.75. The first-order chi connectivity index (χ1) is 8.75. The van der Waals surface area contributed by atoms with E-state index in [-0.39, 0.29) is 5.56 Å². The van der Waals surface area contributed by atoms with Crippen molar-refractivity contribution >= 4 is 10.8 Å². The van der Waals surface area contributed by atoms with Crippen LogP contribution in [-0.2, 0) is 7.05 Å². The van der Waals surface area contributed by atoms with E-state index in [9.17, 15) is 4.79 Å². The SMILES string of the molecule is Cn1cc(-c2cncc3ccccc23)ccc1=O. The lowest BCUT2D eigenvalue weighted by molar-refractivity contribution is 0.862. The predicted octanol–water partition coefficient (Wildman–Crippen LogP) is 2.60. The highest BCUT2D eigenvalue weighted by molar-refractivity contribution is 5.95. The fourth-order valence-electron chi connectivity index (χ4n) is 2.10. The van der Waals surface area contributed by atoms with Gasteiger partial charge >= 0.3 is 0 Å². The molecule has 0 N–H and O–H groups in total. The molecule has 0 saturated carbocycles. The fraction of sp³-hybridized carbons (Fsp3) is 0.0667. The van der Waals surface area contributed by atoms with Crippen molar-refractivity contribution in [1.82, 2.24) is 9.55 Å². The number of benzene rings is 1. The summed E-state index contributed by atoms with van der Waals surface area (Å²) in [6.07, 6.45) is 5.52. The van der Waals surface area contributed by atoms with E-state index in [1.165, 1.54) is 0 Å². The number of nitrogens with zero attached hydrogens (tertiary/aromatic N) is 2. The van der Waals surface area contributed by atoms with Crippen molar-refractivity contribution in [2.75, 3.05) is 0 Å². The van der Waals surface area contributed by atoms with Crippen LogP contribution < -0.4 is 5.56 Å². The van der Waals surface area contributed by atoms with Crippen LogP contribution in [0.4, 0.5) is 0 Å². The van der Waals surface area contributed by atoms with Crippen molar-refractivity contribution in [3.63, 3.8) is 0 Å². The van der Waals surface area contributed by atoms with Crippen LogP contribution in [0.25, 0.3) is 21.9 Å². The highest BCUT2D eigenvalue weighted by atomic mass is 16.1. The van der Waals surface area contributed by atoms with Gasteiger partial charge in [-0.05, 0) is 11.5 Å². The molecule has 3 rings (SSSR count). The number of hydrogen-bond acceptors (Lipinski definition) is 2. The molecule has 0 aliphatic rings. The summed E-state index contributed by atoms with van der Waals surface area (Å²) in [5, 5.41) is 2.25. The minimum atomic E-state index is -0.00746. The molecule has 0 aliphatic carbocycles. The highest BCUT2D eigenvalue weighted by Crippen LogP contribution is 2.26. The normalized spacial score (nSPS) is 10.7. The average molecular weight is 236 g/mol. The second-order valence-corrected chi connectivity index (χ2v) is 4.28. The molecule has 0 radical (unpaired) electrons. The van der Waals surface area contributed by atoms with E-state index in [0.717, 1.165) is 21.9 Å². The summed E-state index contributed by atoms with van der Waals surface area (Å²) in [5.41, 5.74) is 2.04. The fourth-order valence-corrected chi connectivity index (χ4v) is 2.10. The van der Waals surface area contributed by atoms with Gasteiger partial charge in [-0.15, -0.1) is 0 Å². The van der Waals surface area contributed by atoms with Gasteiger partial charge in [0.25, 0.3) is 0 Å². The molecule has 0 atom stereocenters. The number of aromatic nitrogens is 2. The van der Waals surface area contributed by atoms with Gasteiger partial charge in [0, 0.05) is 48.2 Å². The Labute approximate surface area is 104 Å². The monoisotopic (exact) mass is 236 g/mol. The first kappa shape index (κ1) is 10.7. The molecule has 0 fully saturated rings. The Balaban J connectivity index is 2.31. The maximum atomic E-state index is 11.4. The predicted molar refractivity (Wildman–Crippen MR) is 72.4 cm³/mol. The van der Waals surface area contributed by atoms with E-state index >= 15 is 0 Å². The Hall–Kier alpha value is -2.42. The van der Waals surface area contributed by atoms with Crippen LogP contribution >= 0.6 is 0 Å². The van der Waals surface area contributed by atoms with Crippen molar-refractivity contribution in [3.05, 3.63) is 65.3 Å².